The third-order valence-corrected chi connectivity index (χ3v) is 2.03. The van der Waals surface area contributed by atoms with E-state index in [1.807, 2.05) is 30.0 Å². The second kappa shape index (κ2) is 5.62. The van der Waals surface area contributed by atoms with E-state index in [1.165, 1.54) is 0 Å². The lowest BCUT2D eigenvalue weighted by atomic mass is 10.2. The smallest absolute Gasteiger partial charge is 0.0606 e. The van der Waals surface area contributed by atoms with Crippen LogP contribution in [0.4, 0.5) is 5.69 Å². The lowest BCUT2D eigenvalue weighted by Crippen LogP contribution is -2.29. The van der Waals surface area contributed by atoms with Crippen LogP contribution in [0.15, 0.2) is 18.2 Å². The summed E-state index contributed by atoms with van der Waals surface area (Å²) in [5.74, 6) is 0. The molecule has 3 nitrogen and oxygen atoms in total. The van der Waals surface area contributed by atoms with E-state index in [1.54, 1.807) is 0 Å². The second-order valence-electron chi connectivity index (χ2n) is 3.19. The van der Waals surface area contributed by atoms with Gasteiger partial charge in [0.1, 0.15) is 0 Å². The molecule has 1 radical (unpaired) electrons. The largest absolute Gasteiger partial charge is 0.395 e. The highest BCUT2D eigenvalue weighted by molar-refractivity contribution is 5.46. The quantitative estimate of drug-likeness (QED) is 0.721. The molecule has 0 amide bonds. The van der Waals surface area contributed by atoms with Crippen molar-refractivity contribution in [1.29, 1.82) is 0 Å². The number of benzene rings is 1. The van der Waals surface area contributed by atoms with Crippen molar-refractivity contribution in [2.45, 2.75) is 6.92 Å². The number of anilines is 1. The Morgan fingerprint density at radius 3 is 2.29 bits per heavy atom. The van der Waals surface area contributed by atoms with Crippen LogP contribution >= 0.6 is 0 Å². The molecule has 0 fully saturated rings. The minimum atomic E-state index is 0.0850. The Bertz CT molecular complexity index is 252. The number of rotatable bonds is 5. The molecular formula is C11H16NO2. The van der Waals surface area contributed by atoms with E-state index in [0.717, 1.165) is 11.3 Å². The van der Waals surface area contributed by atoms with Gasteiger partial charge in [0, 0.05) is 24.8 Å². The molecule has 1 rings (SSSR count). The molecule has 2 N–H and O–H groups in total. The van der Waals surface area contributed by atoms with Gasteiger partial charge in [-0.25, -0.2) is 0 Å². The fraction of sp³-hybridized carbons (Fsp3) is 0.455. The van der Waals surface area contributed by atoms with Crippen LogP contribution in [0.25, 0.3) is 0 Å². The molecule has 0 saturated heterocycles. The summed E-state index contributed by atoms with van der Waals surface area (Å²) in [5, 5.41) is 17.7. The molecule has 3 heteroatoms. The first-order valence-corrected chi connectivity index (χ1v) is 4.73. The van der Waals surface area contributed by atoms with Crippen molar-refractivity contribution in [1.82, 2.24) is 0 Å². The molecule has 0 bridgehead atoms. The molecule has 0 aromatic heterocycles. The molecular weight excluding hydrogens is 178 g/mol. The van der Waals surface area contributed by atoms with Gasteiger partial charge in [-0.05, 0) is 19.1 Å². The molecule has 77 valence electrons. The van der Waals surface area contributed by atoms with Crippen LogP contribution in [-0.2, 0) is 0 Å². The fourth-order valence-corrected chi connectivity index (χ4v) is 1.29. The summed E-state index contributed by atoms with van der Waals surface area (Å²) in [4.78, 5) is 1.90. The predicted octanol–water partition coefficient (Wildman–Crippen LogP) is 0.586. The Morgan fingerprint density at radius 1 is 1.21 bits per heavy atom. The van der Waals surface area contributed by atoms with Crippen molar-refractivity contribution in [3.8, 4) is 0 Å². The maximum Gasteiger partial charge on any atom is 0.0606 e. The Kier molecular flexibility index (Phi) is 4.43. The number of aliphatic hydroxyl groups excluding tert-OH is 2. The van der Waals surface area contributed by atoms with Crippen molar-refractivity contribution in [2.24, 2.45) is 0 Å². The minimum Gasteiger partial charge on any atom is -0.395 e. The topological polar surface area (TPSA) is 43.7 Å². The zero-order valence-electron chi connectivity index (χ0n) is 8.40. The van der Waals surface area contributed by atoms with Gasteiger partial charge in [-0.15, -0.1) is 0 Å². The summed E-state index contributed by atoms with van der Waals surface area (Å²) >= 11 is 0. The van der Waals surface area contributed by atoms with Crippen LogP contribution in [0.3, 0.4) is 0 Å². The molecule has 0 aliphatic carbocycles. The van der Waals surface area contributed by atoms with Crippen LogP contribution in [0.2, 0.25) is 0 Å². The zero-order valence-corrected chi connectivity index (χ0v) is 8.40. The molecule has 0 saturated carbocycles. The monoisotopic (exact) mass is 194 g/mol. The average molecular weight is 194 g/mol. The Labute approximate surface area is 84.6 Å². The summed E-state index contributed by atoms with van der Waals surface area (Å²) in [7, 11) is 0. The average Bonchev–Trinajstić information content (AvgIpc) is 2.19. The van der Waals surface area contributed by atoms with Crippen molar-refractivity contribution >= 4 is 5.69 Å². The molecule has 0 heterocycles. The van der Waals surface area contributed by atoms with Gasteiger partial charge >= 0.3 is 0 Å². The first-order valence-electron chi connectivity index (χ1n) is 4.73. The SMILES string of the molecule is Cc1c[c]c(N(CCO)CCO)cc1. The second-order valence-corrected chi connectivity index (χ2v) is 3.19. The number of aliphatic hydroxyl groups is 2. The van der Waals surface area contributed by atoms with Crippen LogP contribution in [0.1, 0.15) is 5.56 Å². The van der Waals surface area contributed by atoms with E-state index >= 15 is 0 Å². The number of hydrogen-bond acceptors (Lipinski definition) is 3. The van der Waals surface area contributed by atoms with E-state index in [4.69, 9.17) is 10.2 Å². The van der Waals surface area contributed by atoms with Gasteiger partial charge in [0.05, 0.1) is 13.2 Å². The molecule has 14 heavy (non-hydrogen) atoms. The van der Waals surface area contributed by atoms with Crippen molar-refractivity contribution in [3.05, 3.63) is 29.8 Å². The Hall–Kier alpha value is -1.06. The minimum absolute atomic E-state index is 0.0850. The summed E-state index contributed by atoms with van der Waals surface area (Å²) in [5.41, 5.74) is 2.07. The summed E-state index contributed by atoms with van der Waals surface area (Å²) in [6.45, 7) is 3.23. The maximum absolute atomic E-state index is 8.84. The predicted molar refractivity (Wildman–Crippen MR) is 56.4 cm³/mol. The van der Waals surface area contributed by atoms with E-state index in [2.05, 4.69) is 6.07 Å². The molecule has 0 spiro atoms. The molecule has 1 aromatic carbocycles. The normalized spacial score (nSPS) is 10.2. The summed E-state index contributed by atoms with van der Waals surface area (Å²) in [6, 6.07) is 8.95. The van der Waals surface area contributed by atoms with E-state index in [0.29, 0.717) is 13.1 Å². The first-order chi connectivity index (χ1) is 6.77. The lowest BCUT2D eigenvalue weighted by Gasteiger charge is -2.22. The highest BCUT2D eigenvalue weighted by atomic mass is 16.3. The lowest BCUT2D eigenvalue weighted by molar-refractivity contribution is 0.281. The fourth-order valence-electron chi connectivity index (χ4n) is 1.29. The number of nitrogens with zero attached hydrogens (tertiary/aromatic N) is 1. The van der Waals surface area contributed by atoms with E-state index < -0.39 is 0 Å². The van der Waals surface area contributed by atoms with Crippen molar-refractivity contribution < 1.29 is 10.2 Å². The van der Waals surface area contributed by atoms with Gasteiger partial charge in [-0.1, -0.05) is 11.6 Å². The van der Waals surface area contributed by atoms with Crippen molar-refractivity contribution in [2.75, 3.05) is 31.2 Å². The van der Waals surface area contributed by atoms with Crippen LogP contribution in [0.5, 0.6) is 0 Å². The Balaban J connectivity index is 2.71. The molecule has 0 aliphatic rings. The third-order valence-electron chi connectivity index (χ3n) is 2.03. The zero-order chi connectivity index (χ0) is 10.4. The summed E-state index contributed by atoms with van der Waals surface area (Å²) in [6.07, 6.45) is 0. The van der Waals surface area contributed by atoms with E-state index in [9.17, 15) is 0 Å². The standard InChI is InChI=1S/C11H16NO2/c1-10-2-4-11(5-3-10)12(6-8-13)7-9-14/h2-4,13-14H,6-9H2,1H3. The summed E-state index contributed by atoms with van der Waals surface area (Å²) < 4.78 is 0. The van der Waals surface area contributed by atoms with Gasteiger partial charge in [-0.3, -0.25) is 0 Å². The van der Waals surface area contributed by atoms with Gasteiger partial charge in [0.15, 0.2) is 0 Å². The van der Waals surface area contributed by atoms with Gasteiger partial charge in [0.2, 0.25) is 0 Å². The molecule has 1 aromatic rings. The highest BCUT2D eigenvalue weighted by Gasteiger charge is 2.04. The number of hydrogen-bond donors (Lipinski definition) is 2. The van der Waals surface area contributed by atoms with Gasteiger partial charge in [0.25, 0.3) is 0 Å². The highest BCUT2D eigenvalue weighted by Crippen LogP contribution is 2.13. The van der Waals surface area contributed by atoms with Crippen molar-refractivity contribution in [3.63, 3.8) is 0 Å². The number of aryl methyl sites for hydroxylation is 1. The van der Waals surface area contributed by atoms with Crippen LogP contribution < -0.4 is 4.90 Å². The van der Waals surface area contributed by atoms with Crippen LogP contribution in [0, 0.1) is 13.0 Å². The molecule has 0 atom stereocenters. The maximum atomic E-state index is 8.84. The Morgan fingerprint density at radius 2 is 1.86 bits per heavy atom. The molecule has 0 aliphatic heterocycles. The van der Waals surface area contributed by atoms with Gasteiger partial charge in [-0.2, -0.15) is 0 Å². The van der Waals surface area contributed by atoms with E-state index in [-0.39, 0.29) is 13.2 Å². The van der Waals surface area contributed by atoms with Gasteiger partial charge < -0.3 is 15.1 Å². The molecule has 0 unspecified atom stereocenters. The first kappa shape index (κ1) is 11.0. The third kappa shape index (κ3) is 3.01. The van der Waals surface area contributed by atoms with Crippen LogP contribution in [-0.4, -0.2) is 36.5 Å².